The molecule has 0 aliphatic carbocycles. The Morgan fingerprint density at radius 3 is 2.45 bits per heavy atom. The lowest BCUT2D eigenvalue weighted by molar-refractivity contribution is -0.140. The monoisotopic (exact) mass is 387 g/mol. The number of carbonyl (C=O) groups is 1. The number of fused-ring (bicyclic) bond motifs is 1. The molecule has 1 aromatic carbocycles. The fourth-order valence-electron chi connectivity index (χ4n) is 3.45. The first-order valence-corrected chi connectivity index (χ1v) is 9.83. The van der Waals surface area contributed by atoms with Gasteiger partial charge in [0.25, 0.3) is 0 Å². The van der Waals surface area contributed by atoms with Crippen molar-refractivity contribution in [3.63, 3.8) is 0 Å². The quantitative estimate of drug-likeness (QED) is 0.729. The predicted octanol–water partition coefficient (Wildman–Crippen LogP) is 4.21. The first-order valence-electron chi connectivity index (χ1n) is 9.83. The highest BCUT2D eigenvalue weighted by molar-refractivity contribution is 5.82. The number of nitrogens with zero attached hydrogens (tertiary/aromatic N) is 4. The summed E-state index contributed by atoms with van der Waals surface area (Å²) in [6.45, 7) is 7.04. The van der Waals surface area contributed by atoms with E-state index in [9.17, 15) is 4.79 Å². The van der Waals surface area contributed by atoms with Crippen LogP contribution < -0.4 is 5.32 Å². The fourth-order valence-corrected chi connectivity index (χ4v) is 3.45. The van der Waals surface area contributed by atoms with Crippen LogP contribution in [0.15, 0.2) is 54.9 Å². The minimum atomic E-state index is -0.414. The van der Waals surface area contributed by atoms with E-state index in [1.165, 1.54) is 0 Å². The molecule has 1 aliphatic rings. The van der Waals surface area contributed by atoms with Gasteiger partial charge in [-0.1, -0.05) is 39.0 Å². The Labute approximate surface area is 171 Å². The molecule has 0 saturated heterocycles. The van der Waals surface area contributed by atoms with Crippen LogP contribution in [0.1, 0.15) is 32.0 Å². The van der Waals surface area contributed by atoms with Gasteiger partial charge in [0.15, 0.2) is 5.82 Å². The fraction of sp³-hybridized carbons (Fsp3) is 0.304. The molecule has 3 aromatic rings. The van der Waals surface area contributed by atoms with Crippen molar-refractivity contribution in [1.29, 1.82) is 0 Å². The van der Waals surface area contributed by atoms with Crippen LogP contribution in [0, 0.1) is 5.41 Å². The Kier molecular flexibility index (Phi) is 5.01. The molecule has 0 radical (unpaired) electrons. The zero-order valence-electron chi connectivity index (χ0n) is 17.0. The lowest BCUT2D eigenvalue weighted by atomic mass is 9.93. The van der Waals surface area contributed by atoms with Crippen LogP contribution in [0.2, 0.25) is 0 Å². The number of para-hydroxylation sites is 1. The molecule has 1 aliphatic heterocycles. The van der Waals surface area contributed by atoms with Crippen LogP contribution >= 0.6 is 0 Å². The second-order valence-electron chi connectivity index (χ2n) is 8.27. The van der Waals surface area contributed by atoms with E-state index in [0.717, 1.165) is 28.3 Å². The van der Waals surface area contributed by atoms with Gasteiger partial charge in [0.1, 0.15) is 5.82 Å². The number of benzene rings is 1. The van der Waals surface area contributed by atoms with Crippen molar-refractivity contribution < 1.29 is 4.79 Å². The number of pyridine rings is 1. The molecule has 0 bridgehead atoms. The average molecular weight is 387 g/mol. The molecule has 0 unspecified atom stereocenters. The van der Waals surface area contributed by atoms with Crippen LogP contribution in [0.3, 0.4) is 0 Å². The first-order chi connectivity index (χ1) is 13.9. The Morgan fingerprint density at radius 2 is 1.76 bits per heavy atom. The molecular weight excluding hydrogens is 362 g/mol. The van der Waals surface area contributed by atoms with Crippen LogP contribution in [-0.2, 0) is 17.8 Å². The number of carbonyl (C=O) groups excluding carboxylic acids is 1. The van der Waals surface area contributed by atoms with E-state index in [2.05, 4.69) is 10.3 Å². The summed E-state index contributed by atoms with van der Waals surface area (Å²) in [5.74, 6) is 1.56. The maximum absolute atomic E-state index is 12.8. The van der Waals surface area contributed by atoms with E-state index in [1.54, 1.807) is 12.4 Å². The number of aromatic nitrogens is 3. The summed E-state index contributed by atoms with van der Waals surface area (Å²) in [7, 11) is 0. The predicted molar refractivity (Wildman–Crippen MR) is 114 cm³/mol. The van der Waals surface area contributed by atoms with Crippen molar-refractivity contribution in [2.75, 3.05) is 11.9 Å². The van der Waals surface area contributed by atoms with E-state index in [0.29, 0.717) is 25.3 Å². The third kappa shape index (κ3) is 4.11. The average Bonchev–Trinajstić information content (AvgIpc) is 2.73. The van der Waals surface area contributed by atoms with Crippen LogP contribution in [-0.4, -0.2) is 32.3 Å². The van der Waals surface area contributed by atoms with E-state index < -0.39 is 5.41 Å². The first kappa shape index (κ1) is 19.1. The highest BCUT2D eigenvalue weighted by atomic mass is 16.2. The van der Waals surface area contributed by atoms with Crippen molar-refractivity contribution in [2.24, 2.45) is 5.41 Å². The summed E-state index contributed by atoms with van der Waals surface area (Å²) < 4.78 is 0. The molecular formula is C23H25N5O. The molecule has 148 valence electrons. The maximum atomic E-state index is 12.8. The molecule has 0 atom stereocenters. The summed E-state index contributed by atoms with van der Waals surface area (Å²) in [6, 6.07) is 13.8. The minimum Gasteiger partial charge on any atom is -0.340 e. The molecule has 2 aromatic heterocycles. The Bertz CT molecular complexity index is 1010. The smallest absolute Gasteiger partial charge is 0.228 e. The second-order valence-corrected chi connectivity index (χ2v) is 8.27. The van der Waals surface area contributed by atoms with Gasteiger partial charge >= 0.3 is 0 Å². The van der Waals surface area contributed by atoms with Gasteiger partial charge in [-0.3, -0.25) is 9.78 Å². The molecule has 0 saturated carbocycles. The van der Waals surface area contributed by atoms with Gasteiger partial charge in [0, 0.05) is 47.6 Å². The van der Waals surface area contributed by atoms with E-state index in [4.69, 9.17) is 9.97 Å². The Balaban J connectivity index is 1.76. The molecule has 3 heterocycles. The number of hydrogen-bond acceptors (Lipinski definition) is 5. The maximum Gasteiger partial charge on any atom is 0.228 e. The van der Waals surface area contributed by atoms with Crippen molar-refractivity contribution in [3.05, 3.63) is 66.1 Å². The summed E-state index contributed by atoms with van der Waals surface area (Å²) in [6.07, 6.45) is 4.19. The van der Waals surface area contributed by atoms with Crippen LogP contribution in [0.5, 0.6) is 0 Å². The van der Waals surface area contributed by atoms with Gasteiger partial charge < -0.3 is 10.2 Å². The molecule has 1 amide bonds. The van der Waals surface area contributed by atoms with E-state index in [1.807, 2.05) is 68.1 Å². The van der Waals surface area contributed by atoms with Crippen molar-refractivity contribution in [2.45, 2.75) is 33.7 Å². The topological polar surface area (TPSA) is 71.0 Å². The van der Waals surface area contributed by atoms with E-state index in [-0.39, 0.29) is 5.91 Å². The Hall–Kier alpha value is -3.28. The lowest BCUT2D eigenvalue weighted by Gasteiger charge is -2.34. The SMILES string of the molecule is CC(C)(C)C(=O)N1CCc2nc(-c3ccncc3)nc(Nc3ccccc3)c2C1. The highest BCUT2D eigenvalue weighted by Gasteiger charge is 2.31. The zero-order chi connectivity index (χ0) is 20.4. The van der Waals surface area contributed by atoms with Gasteiger partial charge in [0.2, 0.25) is 5.91 Å². The van der Waals surface area contributed by atoms with Gasteiger partial charge in [0.05, 0.1) is 12.2 Å². The molecule has 1 N–H and O–H groups in total. The molecule has 0 spiro atoms. The molecule has 4 rings (SSSR count). The van der Waals surface area contributed by atoms with Gasteiger partial charge in [-0.2, -0.15) is 0 Å². The summed E-state index contributed by atoms with van der Waals surface area (Å²) in [5, 5.41) is 3.44. The normalized spacial score (nSPS) is 13.7. The van der Waals surface area contributed by atoms with Gasteiger partial charge in [-0.15, -0.1) is 0 Å². The largest absolute Gasteiger partial charge is 0.340 e. The number of amides is 1. The molecule has 0 fully saturated rings. The second kappa shape index (κ2) is 7.62. The van der Waals surface area contributed by atoms with Gasteiger partial charge in [-0.25, -0.2) is 9.97 Å². The Morgan fingerprint density at radius 1 is 1.03 bits per heavy atom. The minimum absolute atomic E-state index is 0.145. The standard InChI is InChI=1S/C23H25N5O/c1-23(2,3)22(29)28-14-11-19-18(15-28)21(25-17-7-5-4-6-8-17)27-20(26-19)16-9-12-24-13-10-16/h4-10,12-13H,11,14-15H2,1-3H3,(H,25,26,27). The van der Waals surface area contributed by atoms with Gasteiger partial charge in [-0.05, 0) is 24.3 Å². The molecule has 6 nitrogen and oxygen atoms in total. The molecule has 6 heteroatoms. The number of anilines is 2. The number of nitrogens with one attached hydrogen (secondary N) is 1. The molecule has 29 heavy (non-hydrogen) atoms. The number of rotatable bonds is 3. The van der Waals surface area contributed by atoms with Crippen LogP contribution in [0.25, 0.3) is 11.4 Å². The third-order valence-electron chi connectivity index (χ3n) is 4.96. The van der Waals surface area contributed by atoms with E-state index >= 15 is 0 Å². The van der Waals surface area contributed by atoms with Crippen LogP contribution in [0.4, 0.5) is 11.5 Å². The number of hydrogen-bond donors (Lipinski definition) is 1. The zero-order valence-corrected chi connectivity index (χ0v) is 17.0. The summed E-state index contributed by atoms with van der Waals surface area (Å²) >= 11 is 0. The lowest BCUT2D eigenvalue weighted by Crippen LogP contribution is -2.42. The summed E-state index contributed by atoms with van der Waals surface area (Å²) in [5.41, 5.74) is 3.43. The van der Waals surface area contributed by atoms with Crippen molar-refractivity contribution in [1.82, 2.24) is 19.9 Å². The summed E-state index contributed by atoms with van der Waals surface area (Å²) in [4.78, 5) is 28.5. The van der Waals surface area contributed by atoms with Crippen molar-refractivity contribution in [3.8, 4) is 11.4 Å². The highest BCUT2D eigenvalue weighted by Crippen LogP contribution is 2.31. The third-order valence-corrected chi connectivity index (χ3v) is 4.96. The van der Waals surface area contributed by atoms with Crippen molar-refractivity contribution >= 4 is 17.4 Å².